The number of benzene rings is 1. The van der Waals surface area contributed by atoms with Gasteiger partial charge in [0.2, 0.25) is 10.0 Å². The molecule has 0 bridgehead atoms. The van der Waals surface area contributed by atoms with Crippen molar-refractivity contribution >= 4 is 21.7 Å². The van der Waals surface area contributed by atoms with Gasteiger partial charge in [-0.3, -0.25) is 4.79 Å². The van der Waals surface area contributed by atoms with Gasteiger partial charge in [-0.15, -0.1) is 0 Å². The van der Waals surface area contributed by atoms with Gasteiger partial charge in [0.15, 0.2) is 0 Å². The molecule has 1 aromatic carbocycles. The lowest BCUT2D eigenvalue weighted by atomic mass is 10.1. The second kappa shape index (κ2) is 5.41. The minimum absolute atomic E-state index is 0.156. The Morgan fingerprint density at radius 1 is 1.40 bits per heavy atom. The number of hydrogen-bond donors (Lipinski definition) is 1. The number of hydrogen-bond acceptors (Lipinski definition) is 5. The van der Waals surface area contributed by atoms with Crippen molar-refractivity contribution in [3.8, 4) is 0 Å². The van der Waals surface area contributed by atoms with Crippen LogP contribution < -0.4 is 5.73 Å². The molecular formula is C13H18N2O4S. The van der Waals surface area contributed by atoms with E-state index in [1.54, 1.807) is 19.1 Å². The lowest BCUT2D eigenvalue weighted by Gasteiger charge is -2.17. The van der Waals surface area contributed by atoms with Gasteiger partial charge in [0.1, 0.15) is 0 Å². The monoisotopic (exact) mass is 298 g/mol. The molecule has 1 aliphatic rings. The fourth-order valence-corrected chi connectivity index (χ4v) is 4.02. The molecule has 0 saturated carbocycles. The van der Waals surface area contributed by atoms with E-state index in [2.05, 4.69) is 4.74 Å². The Kier molecular flexibility index (Phi) is 4.01. The molecule has 0 radical (unpaired) electrons. The topological polar surface area (TPSA) is 89.7 Å². The highest BCUT2D eigenvalue weighted by Crippen LogP contribution is 2.26. The summed E-state index contributed by atoms with van der Waals surface area (Å²) in [6.45, 7) is 2.26. The van der Waals surface area contributed by atoms with Crippen molar-refractivity contribution in [3.63, 3.8) is 0 Å². The third-order valence-electron chi connectivity index (χ3n) is 3.40. The summed E-state index contributed by atoms with van der Waals surface area (Å²) >= 11 is 0. The molecule has 1 aromatic rings. The van der Waals surface area contributed by atoms with Gasteiger partial charge in [-0.25, -0.2) is 8.42 Å². The number of nitrogens with zero attached hydrogens (tertiary/aromatic N) is 1. The second-order valence-electron chi connectivity index (χ2n) is 4.95. The smallest absolute Gasteiger partial charge is 0.310 e. The van der Waals surface area contributed by atoms with Gasteiger partial charge >= 0.3 is 5.97 Å². The molecule has 2 rings (SSSR count). The molecule has 0 amide bonds. The minimum Gasteiger partial charge on any atom is -0.469 e. The Morgan fingerprint density at radius 3 is 2.70 bits per heavy atom. The molecule has 1 unspecified atom stereocenters. The van der Waals surface area contributed by atoms with Crippen LogP contribution in [0.5, 0.6) is 0 Å². The predicted molar refractivity (Wildman–Crippen MR) is 74.5 cm³/mol. The van der Waals surface area contributed by atoms with Crippen LogP contribution in [0.25, 0.3) is 0 Å². The number of esters is 1. The zero-order valence-corrected chi connectivity index (χ0v) is 12.3. The Hall–Kier alpha value is -1.60. The average molecular weight is 298 g/mol. The van der Waals surface area contributed by atoms with E-state index in [0.29, 0.717) is 18.7 Å². The number of rotatable bonds is 3. The Labute approximate surface area is 118 Å². The van der Waals surface area contributed by atoms with E-state index in [1.165, 1.54) is 17.5 Å². The summed E-state index contributed by atoms with van der Waals surface area (Å²) in [5, 5.41) is 0. The maximum atomic E-state index is 12.5. The van der Waals surface area contributed by atoms with E-state index in [0.717, 1.165) is 5.56 Å². The molecule has 0 spiro atoms. The number of anilines is 1. The van der Waals surface area contributed by atoms with Gasteiger partial charge in [0.25, 0.3) is 0 Å². The lowest BCUT2D eigenvalue weighted by molar-refractivity contribution is -0.144. The molecule has 0 aliphatic carbocycles. The zero-order chi connectivity index (χ0) is 14.9. The van der Waals surface area contributed by atoms with Crippen LogP contribution in [0.15, 0.2) is 23.1 Å². The number of ether oxygens (including phenoxy) is 1. The summed E-state index contributed by atoms with van der Waals surface area (Å²) in [5.41, 5.74) is 6.89. The van der Waals surface area contributed by atoms with Crippen molar-refractivity contribution in [2.45, 2.75) is 18.2 Å². The lowest BCUT2D eigenvalue weighted by Crippen LogP contribution is -2.30. The normalized spacial score (nSPS) is 20.0. The molecule has 20 heavy (non-hydrogen) atoms. The van der Waals surface area contributed by atoms with Crippen LogP contribution in [0.3, 0.4) is 0 Å². The van der Waals surface area contributed by atoms with Crippen LogP contribution in [0.4, 0.5) is 5.69 Å². The summed E-state index contributed by atoms with van der Waals surface area (Å²) < 4.78 is 31.0. The first-order chi connectivity index (χ1) is 9.34. The first-order valence-electron chi connectivity index (χ1n) is 6.29. The van der Waals surface area contributed by atoms with Crippen LogP contribution in [-0.4, -0.2) is 38.9 Å². The first kappa shape index (κ1) is 14.8. The standard InChI is InChI=1S/C13H18N2O4S/c1-9-5-11(14)7-12(6-9)20(17,18)15-4-3-10(8-15)13(16)19-2/h5-7,10H,3-4,8,14H2,1-2H3. The van der Waals surface area contributed by atoms with Gasteiger partial charge < -0.3 is 10.5 Å². The molecule has 1 heterocycles. The van der Waals surface area contributed by atoms with Crippen LogP contribution in [0.2, 0.25) is 0 Å². The zero-order valence-electron chi connectivity index (χ0n) is 11.5. The Balaban J connectivity index is 2.26. The highest BCUT2D eigenvalue weighted by Gasteiger charge is 2.36. The summed E-state index contributed by atoms with van der Waals surface area (Å²) in [4.78, 5) is 11.6. The summed E-state index contributed by atoms with van der Waals surface area (Å²) in [7, 11) is -2.31. The number of nitrogens with two attached hydrogens (primary N) is 1. The maximum absolute atomic E-state index is 12.5. The molecule has 7 heteroatoms. The maximum Gasteiger partial charge on any atom is 0.310 e. The van der Waals surface area contributed by atoms with Gasteiger partial charge in [0, 0.05) is 18.8 Å². The number of carbonyl (C=O) groups is 1. The quantitative estimate of drug-likeness (QED) is 0.657. The Bertz CT molecular complexity index is 607. The van der Waals surface area contributed by atoms with E-state index in [-0.39, 0.29) is 17.4 Å². The average Bonchev–Trinajstić information content (AvgIpc) is 2.86. The van der Waals surface area contributed by atoms with Crippen molar-refractivity contribution < 1.29 is 17.9 Å². The van der Waals surface area contributed by atoms with Crippen LogP contribution >= 0.6 is 0 Å². The molecular weight excluding hydrogens is 280 g/mol. The van der Waals surface area contributed by atoms with Crippen molar-refractivity contribution in [3.05, 3.63) is 23.8 Å². The molecule has 1 atom stereocenters. The van der Waals surface area contributed by atoms with E-state index >= 15 is 0 Å². The largest absolute Gasteiger partial charge is 0.469 e. The van der Waals surface area contributed by atoms with Crippen molar-refractivity contribution in [1.29, 1.82) is 0 Å². The van der Waals surface area contributed by atoms with Crippen LogP contribution in [0, 0.1) is 12.8 Å². The SMILES string of the molecule is COC(=O)C1CCN(S(=O)(=O)c2cc(C)cc(N)c2)C1. The molecule has 110 valence electrons. The number of nitrogen functional groups attached to an aromatic ring is 1. The summed E-state index contributed by atoms with van der Waals surface area (Å²) in [6.07, 6.45) is 0.479. The van der Waals surface area contributed by atoms with Gasteiger partial charge in [-0.1, -0.05) is 0 Å². The second-order valence-corrected chi connectivity index (χ2v) is 6.89. The third-order valence-corrected chi connectivity index (χ3v) is 5.24. The van der Waals surface area contributed by atoms with E-state index < -0.39 is 15.9 Å². The summed E-state index contributed by atoms with van der Waals surface area (Å²) in [6, 6.07) is 4.73. The highest BCUT2D eigenvalue weighted by molar-refractivity contribution is 7.89. The molecule has 0 aromatic heterocycles. The Morgan fingerprint density at radius 2 is 2.10 bits per heavy atom. The van der Waals surface area contributed by atoms with Crippen molar-refractivity contribution in [2.75, 3.05) is 25.9 Å². The van der Waals surface area contributed by atoms with Gasteiger partial charge in [-0.2, -0.15) is 4.31 Å². The van der Waals surface area contributed by atoms with Gasteiger partial charge in [-0.05, 0) is 37.1 Å². The first-order valence-corrected chi connectivity index (χ1v) is 7.73. The van der Waals surface area contributed by atoms with Crippen molar-refractivity contribution in [1.82, 2.24) is 4.31 Å². The van der Waals surface area contributed by atoms with Crippen LogP contribution in [-0.2, 0) is 19.6 Å². The molecule has 1 aliphatic heterocycles. The van der Waals surface area contributed by atoms with Crippen LogP contribution in [0.1, 0.15) is 12.0 Å². The number of methoxy groups -OCH3 is 1. The highest BCUT2D eigenvalue weighted by atomic mass is 32.2. The molecule has 1 fully saturated rings. The summed E-state index contributed by atoms with van der Waals surface area (Å²) in [5.74, 6) is -0.761. The number of sulfonamides is 1. The molecule has 1 saturated heterocycles. The number of carbonyl (C=O) groups excluding carboxylic acids is 1. The molecule has 6 nitrogen and oxygen atoms in total. The predicted octanol–water partition coefficient (Wildman–Crippen LogP) is 0.761. The van der Waals surface area contributed by atoms with E-state index in [1.807, 2.05) is 0 Å². The van der Waals surface area contributed by atoms with E-state index in [9.17, 15) is 13.2 Å². The molecule has 2 N–H and O–H groups in total. The fraction of sp³-hybridized carbons (Fsp3) is 0.462. The number of aryl methyl sites for hydroxylation is 1. The third kappa shape index (κ3) is 2.78. The minimum atomic E-state index is -3.61. The van der Waals surface area contributed by atoms with Crippen molar-refractivity contribution in [2.24, 2.45) is 5.92 Å². The van der Waals surface area contributed by atoms with Gasteiger partial charge in [0.05, 0.1) is 17.9 Å². The van der Waals surface area contributed by atoms with E-state index in [4.69, 9.17) is 5.73 Å². The fourth-order valence-electron chi connectivity index (χ4n) is 2.38.